The van der Waals surface area contributed by atoms with Crippen LogP contribution in [0.15, 0.2) is 6.07 Å². The first-order valence-electron chi connectivity index (χ1n) is 4.64. The number of nitrogens with zero attached hydrogens (tertiary/aromatic N) is 2. The Hall–Kier alpha value is -1.36. The number of hydrogen-bond donors (Lipinski definition) is 1. The molecule has 0 unspecified atom stereocenters. The SMILES string of the molecule is CCONC(=O)c1cc(CC)nn1C. The first kappa shape index (κ1) is 10.7. The van der Waals surface area contributed by atoms with Crippen molar-refractivity contribution in [1.82, 2.24) is 15.3 Å². The van der Waals surface area contributed by atoms with Gasteiger partial charge in [-0.15, -0.1) is 0 Å². The summed E-state index contributed by atoms with van der Waals surface area (Å²) < 4.78 is 1.55. The Morgan fingerprint density at radius 2 is 2.36 bits per heavy atom. The molecule has 1 amide bonds. The molecule has 0 spiro atoms. The molecule has 1 N–H and O–H groups in total. The smallest absolute Gasteiger partial charge is 0.274 e. The fourth-order valence-electron chi connectivity index (χ4n) is 1.10. The van der Waals surface area contributed by atoms with Crippen molar-refractivity contribution >= 4 is 5.91 Å². The first-order valence-corrected chi connectivity index (χ1v) is 4.64. The Labute approximate surface area is 83.0 Å². The molecule has 0 aliphatic rings. The number of nitrogens with one attached hydrogen (secondary N) is 1. The summed E-state index contributed by atoms with van der Waals surface area (Å²) in [6, 6.07) is 1.76. The summed E-state index contributed by atoms with van der Waals surface area (Å²) in [4.78, 5) is 16.3. The van der Waals surface area contributed by atoms with Crippen LogP contribution in [0.4, 0.5) is 0 Å². The molecular weight excluding hydrogens is 182 g/mol. The number of amides is 1. The lowest BCUT2D eigenvalue weighted by atomic mass is 10.3. The molecule has 0 aromatic carbocycles. The van der Waals surface area contributed by atoms with Crippen LogP contribution in [-0.4, -0.2) is 22.3 Å². The molecule has 5 nitrogen and oxygen atoms in total. The highest BCUT2D eigenvalue weighted by molar-refractivity contribution is 5.91. The van der Waals surface area contributed by atoms with Crippen molar-refractivity contribution in [3.8, 4) is 0 Å². The minimum absolute atomic E-state index is 0.262. The van der Waals surface area contributed by atoms with Gasteiger partial charge >= 0.3 is 0 Å². The van der Waals surface area contributed by atoms with E-state index in [-0.39, 0.29) is 5.91 Å². The van der Waals surface area contributed by atoms with E-state index in [4.69, 9.17) is 4.84 Å². The van der Waals surface area contributed by atoms with Crippen molar-refractivity contribution in [3.63, 3.8) is 0 Å². The Kier molecular flexibility index (Phi) is 3.64. The third-order valence-corrected chi connectivity index (χ3v) is 1.83. The number of hydroxylamine groups is 1. The lowest BCUT2D eigenvalue weighted by molar-refractivity contribution is 0.0356. The van der Waals surface area contributed by atoms with E-state index in [0.717, 1.165) is 12.1 Å². The van der Waals surface area contributed by atoms with Gasteiger partial charge in [-0.2, -0.15) is 5.10 Å². The highest BCUT2D eigenvalue weighted by Crippen LogP contribution is 2.03. The van der Waals surface area contributed by atoms with Gasteiger partial charge in [0.25, 0.3) is 5.91 Å². The van der Waals surface area contributed by atoms with Crippen molar-refractivity contribution in [2.45, 2.75) is 20.3 Å². The zero-order chi connectivity index (χ0) is 10.6. The van der Waals surface area contributed by atoms with Crippen LogP contribution in [0.5, 0.6) is 0 Å². The lowest BCUT2D eigenvalue weighted by Crippen LogP contribution is -2.25. The van der Waals surface area contributed by atoms with Crippen molar-refractivity contribution in [1.29, 1.82) is 0 Å². The van der Waals surface area contributed by atoms with Crippen molar-refractivity contribution < 1.29 is 9.63 Å². The number of aryl methyl sites for hydroxylation is 2. The number of aromatic nitrogens is 2. The summed E-state index contributed by atoms with van der Waals surface area (Å²) in [7, 11) is 1.74. The van der Waals surface area contributed by atoms with Gasteiger partial charge in [0.15, 0.2) is 0 Å². The zero-order valence-corrected chi connectivity index (χ0v) is 8.70. The van der Waals surface area contributed by atoms with E-state index in [1.54, 1.807) is 24.7 Å². The topological polar surface area (TPSA) is 56.1 Å². The lowest BCUT2D eigenvalue weighted by Gasteiger charge is -2.02. The third-order valence-electron chi connectivity index (χ3n) is 1.83. The molecular formula is C9H15N3O2. The number of hydrogen-bond acceptors (Lipinski definition) is 3. The standard InChI is InChI=1S/C9H15N3O2/c1-4-7-6-8(12(3)10-7)9(13)11-14-5-2/h6H,4-5H2,1-3H3,(H,11,13). The molecule has 5 heteroatoms. The van der Waals surface area contributed by atoms with Crippen LogP contribution in [0.3, 0.4) is 0 Å². The Morgan fingerprint density at radius 1 is 1.64 bits per heavy atom. The third kappa shape index (κ3) is 2.32. The quantitative estimate of drug-likeness (QED) is 0.721. The van der Waals surface area contributed by atoms with Gasteiger partial charge in [0, 0.05) is 7.05 Å². The highest BCUT2D eigenvalue weighted by Gasteiger charge is 2.11. The van der Waals surface area contributed by atoms with Gasteiger partial charge in [-0.1, -0.05) is 6.92 Å². The second-order valence-corrected chi connectivity index (χ2v) is 2.86. The number of carbonyl (C=O) groups is 1. The Morgan fingerprint density at radius 3 is 2.86 bits per heavy atom. The van der Waals surface area contributed by atoms with E-state index in [1.807, 2.05) is 6.92 Å². The van der Waals surface area contributed by atoms with E-state index in [1.165, 1.54) is 0 Å². The van der Waals surface area contributed by atoms with Crippen LogP contribution in [0, 0.1) is 0 Å². The van der Waals surface area contributed by atoms with Crippen LogP contribution in [-0.2, 0) is 18.3 Å². The summed E-state index contributed by atoms with van der Waals surface area (Å²) in [5.74, 6) is -0.262. The molecule has 0 aliphatic carbocycles. The van der Waals surface area contributed by atoms with Gasteiger partial charge in [-0.25, -0.2) is 5.48 Å². The van der Waals surface area contributed by atoms with Crippen LogP contribution in [0.25, 0.3) is 0 Å². The Balaban J connectivity index is 2.73. The van der Waals surface area contributed by atoms with Crippen LogP contribution < -0.4 is 5.48 Å². The minimum Gasteiger partial charge on any atom is -0.274 e. The molecule has 0 bridgehead atoms. The van der Waals surface area contributed by atoms with Gasteiger partial charge in [-0.05, 0) is 19.4 Å². The van der Waals surface area contributed by atoms with Gasteiger partial charge in [0.05, 0.1) is 12.3 Å². The fraction of sp³-hybridized carbons (Fsp3) is 0.556. The molecule has 14 heavy (non-hydrogen) atoms. The van der Waals surface area contributed by atoms with Crippen molar-refractivity contribution in [2.75, 3.05) is 6.61 Å². The predicted octanol–water partition coefficient (Wildman–Crippen LogP) is 0.664. The molecule has 0 saturated carbocycles. The van der Waals surface area contributed by atoms with E-state index in [0.29, 0.717) is 12.3 Å². The predicted molar refractivity (Wildman–Crippen MR) is 51.7 cm³/mol. The van der Waals surface area contributed by atoms with E-state index < -0.39 is 0 Å². The summed E-state index contributed by atoms with van der Waals surface area (Å²) in [5, 5.41) is 4.16. The summed E-state index contributed by atoms with van der Waals surface area (Å²) in [6.45, 7) is 4.25. The van der Waals surface area contributed by atoms with Gasteiger partial charge in [0.2, 0.25) is 0 Å². The molecule has 0 aliphatic heterocycles. The van der Waals surface area contributed by atoms with E-state index in [2.05, 4.69) is 10.6 Å². The largest absolute Gasteiger partial charge is 0.293 e. The van der Waals surface area contributed by atoms with E-state index >= 15 is 0 Å². The summed E-state index contributed by atoms with van der Waals surface area (Å²) in [6.07, 6.45) is 0.815. The highest BCUT2D eigenvalue weighted by atomic mass is 16.6. The molecule has 0 radical (unpaired) electrons. The molecule has 1 rings (SSSR count). The molecule has 78 valence electrons. The maximum Gasteiger partial charge on any atom is 0.293 e. The van der Waals surface area contributed by atoms with Crippen LogP contribution in [0.2, 0.25) is 0 Å². The van der Waals surface area contributed by atoms with Crippen molar-refractivity contribution in [3.05, 3.63) is 17.5 Å². The molecule has 0 fully saturated rings. The molecule has 0 atom stereocenters. The van der Waals surface area contributed by atoms with Crippen molar-refractivity contribution in [2.24, 2.45) is 7.05 Å². The summed E-state index contributed by atoms with van der Waals surface area (Å²) >= 11 is 0. The van der Waals surface area contributed by atoms with Crippen LogP contribution in [0.1, 0.15) is 30.0 Å². The number of carbonyl (C=O) groups excluding carboxylic acids is 1. The molecule has 1 aromatic rings. The normalized spacial score (nSPS) is 10.2. The fourth-order valence-corrected chi connectivity index (χ4v) is 1.10. The Bertz CT molecular complexity index is 320. The summed E-state index contributed by atoms with van der Waals surface area (Å²) in [5.41, 5.74) is 3.73. The van der Waals surface area contributed by atoms with Gasteiger partial charge in [-0.3, -0.25) is 14.3 Å². The average molecular weight is 197 g/mol. The molecule has 1 aromatic heterocycles. The maximum absolute atomic E-state index is 11.5. The van der Waals surface area contributed by atoms with E-state index in [9.17, 15) is 4.79 Å². The zero-order valence-electron chi connectivity index (χ0n) is 8.70. The van der Waals surface area contributed by atoms with Gasteiger partial charge < -0.3 is 0 Å². The maximum atomic E-state index is 11.5. The average Bonchev–Trinajstić information content (AvgIpc) is 2.56. The molecule has 1 heterocycles. The monoisotopic (exact) mass is 197 g/mol. The number of rotatable bonds is 4. The van der Waals surface area contributed by atoms with Gasteiger partial charge in [0.1, 0.15) is 5.69 Å². The first-order chi connectivity index (χ1) is 6.69. The second-order valence-electron chi connectivity index (χ2n) is 2.86. The minimum atomic E-state index is -0.262. The molecule has 0 saturated heterocycles. The second kappa shape index (κ2) is 4.76. The van der Waals surface area contributed by atoms with Crippen LogP contribution >= 0.6 is 0 Å².